The van der Waals surface area contributed by atoms with Crippen molar-refractivity contribution in [2.45, 2.75) is 32.9 Å². The van der Waals surface area contributed by atoms with Gasteiger partial charge in [0.1, 0.15) is 25.0 Å². The van der Waals surface area contributed by atoms with Crippen LogP contribution in [0.4, 0.5) is 0 Å². The molecule has 3 rings (SSSR count). The van der Waals surface area contributed by atoms with Crippen LogP contribution >= 0.6 is 0 Å². The zero-order valence-corrected chi connectivity index (χ0v) is 14.6. The Morgan fingerprint density at radius 3 is 2.54 bits per heavy atom. The second-order valence-electron chi connectivity index (χ2n) is 6.21. The summed E-state index contributed by atoms with van der Waals surface area (Å²) in [6.45, 7) is 4.99. The van der Waals surface area contributed by atoms with Gasteiger partial charge >= 0.3 is 0 Å². The van der Waals surface area contributed by atoms with Gasteiger partial charge in [-0.1, -0.05) is 36.8 Å². The van der Waals surface area contributed by atoms with E-state index in [0.717, 1.165) is 17.7 Å². The Morgan fingerprint density at radius 1 is 1.12 bits per heavy atom. The van der Waals surface area contributed by atoms with Gasteiger partial charge < -0.3 is 9.84 Å². The molecule has 0 amide bonds. The minimum absolute atomic E-state index is 0.280. The van der Waals surface area contributed by atoms with E-state index in [-0.39, 0.29) is 6.61 Å². The zero-order valence-electron chi connectivity index (χ0n) is 14.6. The maximum atomic E-state index is 10.5. The molecule has 0 unspecified atom stereocenters. The van der Waals surface area contributed by atoms with E-state index in [4.69, 9.17) is 4.74 Å². The lowest BCUT2D eigenvalue weighted by molar-refractivity contribution is -0.653. The van der Waals surface area contributed by atoms with E-state index in [1.54, 1.807) is 0 Å². The first kappa shape index (κ1) is 16.5. The molecule has 1 N–H and O–H groups in total. The molecule has 0 aliphatic carbocycles. The molecule has 126 valence electrons. The summed E-state index contributed by atoms with van der Waals surface area (Å²) in [5.41, 5.74) is 3.52. The molecule has 2 aromatic carbocycles. The van der Waals surface area contributed by atoms with E-state index in [2.05, 4.69) is 35.2 Å². The van der Waals surface area contributed by atoms with E-state index in [9.17, 15) is 5.11 Å². The van der Waals surface area contributed by atoms with Crippen LogP contribution in [-0.2, 0) is 20.0 Å². The number of imidazole rings is 1. The molecule has 0 saturated heterocycles. The highest BCUT2D eigenvalue weighted by atomic mass is 16.5. The smallest absolute Gasteiger partial charge is 0.256 e. The van der Waals surface area contributed by atoms with Gasteiger partial charge in [0, 0.05) is 6.42 Å². The Morgan fingerprint density at radius 2 is 1.83 bits per heavy atom. The molecule has 3 aromatic rings. The first-order valence-electron chi connectivity index (χ1n) is 8.43. The SMILES string of the molecule is CCc1n(C[C@@H](O)COc2ccc(C)cc2)c2ccccc2[n+]1C. The van der Waals surface area contributed by atoms with Gasteiger partial charge in [-0.15, -0.1) is 0 Å². The number of ether oxygens (including phenoxy) is 1. The molecule has 0 spiro atoms. The normalized spacial score (nSPS) is 12.5. The second kappa shape index (κ2) is 7.05. The van der Waals surface area contributed by atoms with Gasteiger partial charge in [0.15, 0.2) is 11.0 Å². The van der Waals surface area contributed by atoms with E-state index in [1.807, 2.05) is 43.3 Å². The number of nitrogens with zero attached hydrogens (tertiary/aromatic N) is 2. The van der Waals surface area contributed by atoms with Gasteiger partial charge in [0.25, 0.3) is 5.82 Å². The largest absolute Gasteiger partial charge is 0.491 e. The molecule has 1 atom stereocenters. The first-order chi connectivity index (χ1) is 11.6. The number of fused-ring (bicyclic) bond motifs is 1. The maximum absolute atomic E-state index is 10.5. The number of hydrogen-bond acceptors (Lipinski definition) is 2. The average molecular weight is 325 g/mol. The van der Waals surface area contributed by atoms with Crippen molar-refractivity contribution in [3.63, 3.8) is 0 Å². The molecular formula is C20H25N2O2+. The highest BCUT2D eigenvalue weighted by molar-refractivity contribution is 5.72. The summed E-state index contributed by atoms with van der Waals surface area (Å²) < 4.78 is 10.1. The summed E-state index contributed by atoms with van der Waals surface area (Å²) in [6.07, 6.45) is 0.351. The third-order valence-corrected chi connectivity index (χ3v) is 4.41. The molecule has 0 saturated carbocycles. The molecule has 4 heteroatoms. The third-order valence-electron chi connectivity index (χ3n) is 4.41. The van der Waals surface area contributed by atoms with Crippen LogP contribution in [0.15, 0.2) is 48.5 Å². The summed E-state index contributed by atoms with van der Waals surface area (Å²) in [7, 11) is 2.08. The molecule has 1 aromatic heterocycles. The number of aromatic nitrogens is 2. The Kier molecular flexibility index (Phi) is 4.86. The number of rotatable bonds is 6. The van der Waals surface area contributed by atoms with Gasteiger partial charge in [-0.2, -0.15) is 0 Å². The van der Waals surface area contributed by atoms with Crippen LogP contribution in [0.3, 0.4) is 0 Å². The quantitative estimate of drug-likeness (QED) is 0.708. The number of aliphatic hydroxyl groups is 1. The van der Waals surface area contributed by atoms with Crippen molar-refractivity contribution in [2.75, 3.05) is 6.61 Å². The van der Waals surface area contributed by atoms with Gasteiger partial charge in [-0.3, -0.25) is 0 Å². The summed E-state index contributed by atoms with van der Waals surface area (Å²) in [5, 5.41) is 10.5. The lowest BCUT2D eigenvalue weighted by Gasteiger charge is -2.12. The molecule has 24 heavy (non-hydrogen) atoms. The van der Waals surface area contributed by atoms with Gasteiger partial charge in [0.2, 0.25) is 0 Å². The van der Waals surface area contributed by atoms with Gasteiger partial charge in [0.05, 0.1) is 7.05 Å². The molecule has 0 aliphatic heterocycles. The molecule has 0 bridgehead atoms. The summed E-state index contributed by atoms with van der Waals surface area (Å²) in [5.74, 6) is 1.99. The van der Waals surface area contributed by atoms with Crippen LogP contribution in [0.25, 0.3) is 11.0 Å². The van der Waals surface area contributed by atoms with Crippen molar-refractivity contribution in [2.24, 2.45) is 7.05 Å². The van der Waals surface area contributed by atoms with E-state index in [0.29, 0.717) is 6.54 Å². The van der Waals surface area contributed by atoms with Crippen molar-refractivity contribution in [3.05, 3.63) is 59.9 Å². The number of benzene rings is 2. The predicted octanol–water partition coefficient (Wildman–Crippen LogP) is 2.78. The summed E-state index contributed by atoms with van der Waals surface area (Å²) in [6, 6.07) is 16.2. The van der Waals surface area contributed by atoms with Crippen LogP contribution in [0, 0.1) is 6.92 Å². The highest BCUT2D eigenvalue weighted by Crippen LogP contribution is 2.16. The third kappa shape index (κ3) is 3.29. The predicted molar refractivity (Wildman–Crippen MR) is 95.2 cm³/mol. The number of aryl methyl sites for hydroxylation is 2. The fourth-order valence-electron chi connectivity index (χ4n) is 3.16. The monoisotopic (exact) mass is 325 g/mol. The van der Waals surface area contributed by atoms with Crippen molar-refractivity contribution < 1.29 is 14.4 Å². The molecular weight excluding hydrogens is 300 g/mol. The first-order valence-corrected chi connectivity index (χ1v) is 8.43. The van der Waals surface area contributed by atoms with E-state index >= 15 is 0 Å². The molecule has 4 nitrogen and oxygen atoms in total. The van der Waals surface area contributed by atoms with E-state index in [1.165, 1.54) is 16.9 Å². The molecule has 0 radical (unpaired) electrons. The maximum Gasteiger partial charge on any atom is 0.256 e. The molecule has 0 fully saturated rings. The lowest BCUT2D eigenvalue weighted by Crippen LogP contribution is -2.34. The minimum atomic E-state index is -0.563. The summed E-state index contributed by atoms with van der Waals surface area (Å²) >= 11 is 0. The zero-order chi connectivity index (χ0) is 17.1. The number of hydrogen-bond donors (Lipinski definition) is 1. The average Bonchev–Trinajstić information content (AvgIpc) is 2.86. The highest BCUT2D eigenvalue weighted by Gasteiger charge is 2.23. The minimum Gasteiger partial charge on any atom is -0.491 e. The fraction of sp³-hybridized carbons (Fsp3) is 0.350. The molecule has 1 heterocycles. The fourth-order valence-corrected chi connectivity index (χ4v) is 3.16. The number of para-hydroxylation sites is 2. The Bertz CT molecular complexity index is 822. The van der Waals surface area contributed by atoms with Crippen LogP contribution < -0.4 is 9.30 Å². The van der Waals surface area contributed by atoms with Crippen molar-refractivity contribution >= 4 is 11.0 Å². The van der Waals surface area contributed by atoms with Crippen LogP contribution in [0.1, 0.15) is 18.3 Å². The van der Waals surface area contributed by atoms with Crippen molar-refractivity contribution in [1.82, 2.24) is 4.57 Å². The van der Waals surface area contributed by atoms with Crippen molar-refractivity contribution in [1.29, 1.82) is 0 Å². The number of aliphatic hydroxyl groups excluding tert-OH is 1. The van der Waals surface area contributed by atoms with E-state index < -0.39 is 6.10 Å². The topological polar surface area (TPSA) is 38.3 Å². The van der Waals surface area contributed by atoms with Crippen LogP contribution in [0.2, 0.25) is 0 Å². The second-order valence-corrected chi connectivity index (χ2v) is 6.21. The Hall–Kier alpha value is -2.33. The standard InChI is InChI=1S/C20H25N2O2/c1-4-20-21(3)18-7-5-6-8-19(18)22(20)13-16(23)14-24-17-11-9-15(2)10-12-17/h5-12,16,23H,4,13-14H2,1-3H3/q+1/t16-/m1/s1. The van der Waals surface area contributed by atoms with Crippen LogP contribution in [-0.4, -0.2) is 22.4 Å². The van der Waals surface area contributed by atoms with Crippen LogP contribution in [0.5, 0.6) is 5.75 Å². The Balaban J connectivity index is 1.75. The van der Waals surface area contributed by atoms with Crippen molar-refractivity contribution in [3.8, 4) is 5.75 Å². The van der Waals surface area contributed by atoms with Gasteiger partial charge in [-0.05, 0) is 31.2 Å². The van der Waals surface area contributed by atoms with Gasteiger partial charge in [-0.25, -0.2) is 9.13 Å². The Labute approximate surface area is 142 Å². The lowest BCUT2D eigenvalue weighted by atomic mass is 10.2. The molecule has 0 aliphatic rings. The summed E-state index contributed by atoms with van der Waals surface area (Å²) in [4.78, 5) is 0.